The molecule has 0 saturated carbocycles. The molecule has 0 fully saturated rings. The number of anilines is 2. The highest BCUT2D eigenvalue weighted by atomic mass is 16.1. The largest absolute Gasteiger partial charge is 0.404 e. The van der Waals surface area contributed by atoms with E-state index < -0.39 is 0 Å². The molecule has 0 aliphatic carbocycles. The van der Waals surface area contributed by atoms with E-state index in [0.717, 1.165) is 5.69 Å². The van der Waals surface area contributed by atoms with E-state index >= 15 is 0 Å². The third kappa shape index (κ3) is 5.54. The predicted molar refractivity (Wildman–Crippen MR) is 104 cm³/mol. The van der Waals surface area contributed by atoms with Gasteiger partial charge < -0.3 is 22.1 Å². The third-order valence-electron chi connectivity index (χ3n) is 3.34. The van der Waals surface area contributed by atoms with Crippen molar-refractivity contribution in [2.75, 3.05) is 17.2 Å². The molecule has 0 unspecified atom stereocenters. The van der Waals surface area contributed by atoms with Gasteiger partial charge in [0.05, 0.1) is 5.69 Å². The van der Waals surface area contributed by atoms with Crippen LogP contribution in [0.25, 0.3) is 0 Å². The van der Waals surface area contributed by atoms with Gasteiger partial charge in [-0.3, -0.25) is 4.79 Å². The predicted octanol–water partition coefficient (Wildman–Crippen LogP) is 2.75. The van der Waals surface area contributed by atoms with Crippen molar-refractivity contribution in [3.63, 3.8) is 0 Å². The number of hydrogen-bond donors (Lipinski definition) is 4. The topological polar surface area (TPSA) is 106 Å². The fraction of sp³-hybridized carbons (Fsp3) is 0.0526. The number of aliphatic imine (C=N–C) groups is 1. The average Bonchev–Trinajstić information content (AvgIpc) is 2.63. The highest BCUT2D eigenvalue weighted by Gasteiger charge is 2.04. The molecule has 128 valence electrons. The van der Waals surface area contributed by atoms with Crippen molar-refractivity contribution in [3.05, 3.63) is 79.0 Å². The Kier molecular flexibility index (Phi) is 6.36. The first-order chi connectivity index (χ1) is 12.1. The molecule has 0 bridgehead atoms. The Morgan fingerprint density at radius 3 is 2.52 bits per heavy atom. The summed E-state index contributed by atoms with van der Waals surface area (Å²) >= 11 is 0. The number of hydrogen-bond acceptors (Lipinski definition) is 4. The maximum Gasteiger partial charge on any atom is 0.247 e. The van der Waals surface area contributed by atoms with Gasteiger partial charge in [-0.2, -0.15) is 0 Å². The van der Waals surface area contributed by atoms with Gasteiger partial charge in [0.15, 0.2) is 0 Å². The number of nitrogens with zero attached hydrogens (tertiary/aromatic N) is 1. The van der Waals surface area contributed by atoms with Gasteiger partial charge in [0, 0.05) is 29.7 Å². The zero-order valence-corrected chi connectivity index (χ0v) is 13.8. The quantitative estimate of drug-likeness (QED) is 0.355. The summed E-state index contributed by atoms with van der Waals surface area (Å²) in [6.07, 6.45) is 2.63. The lowest BCUT2D eigenvalue weighted by atomic mass is 10.2. The number of amides is 1. The summed E-state index contributed by atoms with van der Waals surface area (Å²) in [5, 5.41) is 5.91. The van der Waals surface area contributed by atoms with E-state index in [1.165, 1.54) is 12.3 Å². The minimum absolute atomic E-state index is 0.288. The van der Waals surface area contributed by atoms with Crippen LogP contribution in [0.4, 0.5) is 17.1 Å². The van der Waals surface area contributed by atoms with E-state index in [2.05, 4.69) is 22.2 Å². The summed E-state index contributed by atoms with van der Waals surface area (Å²) in [7, 11) is 0. The van der Waals surface area contributed by atoms with E-state index in [4.69, 9.17) is 11.5 Å². The van der Waals surface area contributed by atoms with E-state index in [1.54, 1.807) is 24.3 Å². The second-order valence-electron chi connectivity index (χ2n) is 5.15. The molecule has 0 radical (unpaired) electrons. The van der Waals surface area contributed by atoms with Gasteiger partial charge in [-0.25, -0.2) is 4.99 Å². The van der Waals surface area contributed by atoms with Gasteiger partial charge in [-0.15, -0.1) is 0 Å². The Bertz CT molecular complexity index is 796. The van der Waals surface area contributed by atoms with Crippen LogP contribution in [0.2, 0.25) is 0 Å². The maximum absolute atomic E-state index is 11.4. The summed E-state index contributed by atoms with van der Waals surface area (Å²) in [6.45, 7) is 3.87. The Morgan fingerprint density at radius 2 is 1.84 bits per heavy atom. The summed E-state index contributed by atoms with van der Waals surface area (Å²) in [4.78, 5) is 15.7. The fourth-order valence-electron chi connectivity index (χ4n) is 2.05. The van der Waals surface area contributed by atoms with Crippen molar-refractivity contribution in [2.24, 2.45) is 16.5 Å². The van der Waals surface area contributed by atoms with Crippen molar-refractivity contribution < 1.29 is 4.79 Å². The van der Waals surface area contributed by atoms with E-state index in [0.29, 0.717) is 29.3 Å². The lowest BCUT2D eigenvalue weighted by Crippen LogP contribution is -2.21. The number of para-hydroxylation sites is 1. The van der Waals surface area contributed by atoms with Crippen LogP contribution in [0, 0.1) is 0 Å². The molecular formula is C19H21N5O. The number of nitrogens with two attached hydrogens (primary N) is 2. The average molecular weight is 335 g/mol. The Balaban J connectivity index is 2.09. The Labute approximate surface area is 147 Å². The zero-order chi connectivity index (χ0) is 18.1. The summed E-state index contributed by atoms with van der Waals surface area (Å²) < 4.78 is 0. The first-order valence-corrected chi connectivity index (χ1v) is 7.70. The van der Waals surface area contributed by atoms with Crippen LogP contribution < -0.4 is 22.1 Å². The molecule has 2 aromatic carbocycles. The van der Waals surface area contributed by atoms with Crippen LogP contribution in [0.15, 0.2) is 84.0 Å². The van der Waals surface area contributed by atoms with E-state index in [9.17, 15) is 4.79 Å². The lowest BCUT2D eigenvalue weighted by molar-refractivity contribution is -0.111. The van der Waals surface area contributed by atoms with Crippen molar-refractivity contribution in [1.29, 1.82) is 0 Å². The van der Waals surface area contributed by atoms with Crippen LogP contribution in [0.3, 0.4) is 0 Å². The van der Waals surface area contributed by atoms with Crippen molar-refractivity contribution >= 4 is 28.8 Å². The van der Waals surface area contributed by atoms with Crippen LogP contribution in [0.1, 0.15) is 0 Å². The van der Waals surface area contributed by atoms with Crippen LogP contribution in [-0.4, -0.2) is 18.3 Å². The monoisotopic (exact) mass is 335 g/mol. The molecule has 6 nitrogen and oxygen atoms in total. The third-order valence-corrected chi connectivity index (χ3v) is 3.34. The second kappa shape index (κ2) is 8.93. The molecule has 0 atom stereocenters. The van der Waals surface area contributed by atoms with Crippen LogP contribution in [-0.2, 0) is 4.79 Å². The molecule has 6 N–H and O–H groups in total. The second-order valence-corrected chi connectivity index (χ2v) is 5.15. The van der Waals surface area contributed by atoms with Gasteiger partial charge >= 0.3 is 0 Å². The molecule has 0 aliphatic heterocycles. The zero-order valence-electron chi connectivity index (χ0n) is 13.8. The number of benzene rings is 2. The van der Waals surface area contributed by atoms with Gasteiger partial charge in [-0.1, -0.05) is 30.8 Å². The van der Waals surface area contributed by atoms with Crippen LogP contribution in [0.5, 0.6) is 0 Å². The minimum atomic E-state index is -0.288. The molecular weight excluding hydrogens is 314 g/mol. The molecule has 2 aromatic rings. The molecule has 2 rings (SSSR count). The Hall–Kier alpha value is -3.54. The van der Waals surface area contributed by atoms with Gasteiger partial charge in [-0.05, 0) is 36.4 Å². The SMILES string of the molecule is C=CC(=O)Nc1cccc(N=C(N)/C(=C\N)CNc2ccccc2)c1. The fourth-order valence-corrected chi connectivity index (χ4v) is 2.05. The van der Waals surface area contributed by atoms with Crippen molar-refractivity contribution in [1.82, 2.24) is 0 Å². The number of rotatable bonds is 7. The molecule has 0 saturated heterocycles. The standard InChI is InChI=1S/C19H21N5O/c1-2-18(25)23-16-9-6-10-17(11-16)24-19(21)14(12-20)13-22-15-7-4-3-5-8-15/h2-12,22H,1,13,20H2,(H2,21,24)(H,23,25)/b14-12-. The molecule has 25 heavy (non-hydrogen) atoms. The van der Waals surface area contributed by atoms with E-state index in [-0.39, 0.29) is 5.91 Å². The molecule has 0 aliphatic rings. The smallest absolute Gasteiger partial charge is 0.247 e. The highest BCUT2D eigenvalue weighted by Crippen LogP contribution is 2.18. The number of carbonyl (C=O) groups is 1. The number of carbonyl (C=O) groups excluding carboxylic acids is 1. The van der Waals surface area contributed by atoms with Crippen molar-refractivity contribution in [2.45, 2.75) is 0 Å². The normalized spacial score (nSPS) is 11.7. The van der Waals surface area contributed by atoms with Gasteiger partial charge in [0.2, 0.25) is 5.91 Å². The first kappa shape index (κ1) is 17.8. The molecule has 0 heterocycles. The molecule has 6 heteroatoms. The molecule has 0 aromatic heterocycles. The summed E-state index contributed by atoms with van der Waals surface area (Å²) in [5.41, 5.74) is 14.6. The Morgan fingerprint density at radius 1 is 1.12 bits per heavy atom. The van der Waals surface area contributed by atoms with Crippen molar-refractivity contribution in [3.8, 4) is 0 Å². The van der Waals surface area contributed by atoms with Crippen LogP contribution >= 0.6 is 0 Å². The molecule has 1 amide bonds. The van der Waals surface area contributed by atoms with Gasteiger partial charge in [0.1, 0.15) is 5.84 Å². The maximum atomic E-state index is 11.4. The van der Waals surface area contributed by atoms with Gasteiger partial charge in [0.25, 0.3) is 0 Å². The number of amidine groups is 1. The highest BCUT2D eigenvalue weighted by molar-refractivity contribution is 6.00. The molecule has 0 spiro atoms. The first-order valence-electron chi connectivity index (χ1n) is 7.70. The lowest BCUT2D eigenvalue weighted by Gasteiger charge is -2.10. The summed E-state index contributed by atoms with van der Waals surface area (Å²) in [5.74, 6) is 0.0156. The summed E-state index contributed by atoms with van der Waals surface area (Å²) in [6, 6.07) is 16.8. The van der Waals surface area contributed by atoms with E-state index in [1.807, 2.05) is 30.3 Å². The number of nitrogens with one attached hydrogen (secondary N) is 2. The minimum Gasteiger partial charge on any atom is -0.404 e.